The minimum Gasteiger partial charge on any atom is -0.481 e. The van der Waals surface area contributed by atoms with Crippen molar-refractivity contribution in [3.8, 4) is 11.1 Å². The fourth-order valence-corrected chi connectivity index (χ4v) is 3.14. The number of hydrogen-bond donors (Lipinski definition) is 3. The number of nitrogens with one attached hydrogen (secondary N) is 1. The van der Waals surface area contributed by atoms with Gasteiger partial charge in [0.05, 0.1) is 6.17 Å². The molecule has 1 aliphatic carbocycles. The van der Waals surface area contributed by atoms with Gasteiger partial charge in [-0.05, 0) is 28.7 Å². The Bertz CT molecular complexity index is 745. The Kier molecular flexibility index (Phi) is 5.00. The molecule has 0 fully saturated rings. The molecule has 0 aliphatic heterocycles. The molecule has 0 aromatic heterocycles. The Labute approximate surface area is 145 Å². The van der Waals surface area contributed by atoms with Crippen molar-refractivity contribution in [2.75, 3.05) is 6.61 Å². The van der Waals surface area contributed by atoms with E-state index in [2.05, 4.69) is 17.4 Å². The largest absolute Gasteiger partial charge is 0.481 e. The van der Waals surface area contributed by atoms with E-state index >= 15 is 0 Å². The lowest BCUT2D eigenvalue weighted by Gasteiger charge is -2.16. The molecule has 1 unspecified atom stereocenters. The summed E-state index contributed by atoms with van der Waals surface area (Å²) in [5.74, 6) is -0.974. The summed E-state index contributed by atoms with van der Waals surface area (Å²) in [4.78, 5) is 22.4. The number of amides is 1. The van der Waals surface area contributed by atoms with Gasteiger partial charge in [0.2, 0.25) is 0 Å². The molecule has 0 bridgehead atoms. The number of carbonyl (C=O) groups is 2. The van der Waals surface area contributed by atoms with Crippen molar-refractivity contribution < 1.29 is 19.4 Å². The maximum atomic E-state index is 11.9. The molecule has 2 aromatic rings. The Balaban J connectivity index is 1.63. The Morgan fingerprint density at radius 1 is 1.08 bits per heavy atom. The van der Waals surface area contributed by atoms with E-state index in [1.54, 1.807) is 0 Å². The van der Waals surface area contributed by atoms with Crippen LogP contribution < -0.4 is 11.1 Å². The van der Waals surface area contributed by atoms with Crippen LogP contribution in [0.4, 0.5) is 4.79 Å². The minimum atomic E-state index is -0.954. The number of carboxylic acid groups (broad SMARTS) is 1. The van der Waals surface area contributed by atoms with E-state index in [0.717, 1.165) is 22.3 Å². The van der Waals surface area contributed by atoms with Crippen molar-refractivity contribution in [3.05, 3.63) is 59.7 Å². The molecular weight excluding hydrogens is 320 g/mol. The third-order valence-corrected chi connectivity index (χ3v) is 4.32. The SMILES string of the molecule is NC(CCC(=O)O)NC(=O)OCC1c2ccccc2-c2ccccc21. The molecule has 6 heteroatoms. The van der Waals surface area contributed by atoms with E-state index in [9.17, 15) is 9.59 Å². The van der Waals surface area contributed by atoms with E-state index in [1.807, 2.05) is 36.4 Å². The molecule has 1 aliphatic rings. The van der Waals surface area contributed by atoms with Crippen LogP contribution in [0.3, 0.4) is 0 Å². The maximum Gasteiger partial charge on any atom is 0.408 e. The molecule has 0 saturated carbocycles. The van der Waals surface area contributed by atoms with Crippen molar-refractivity contribution in [3.63, 3.8) is 0 Å². The first-order valence-corrected chi connectivity index (χ1v) is 8.15. The molecule has 1 atom stereocenters. The van der Waals surface area contributed by atoms with Crippen molar-refractivity contribution >= 4 is 12.1 Å². The number of aliphatic carboxylic acids is 1. The summed E-state index contributed by atoms with van der Waals surface area (Å²) in [6.07, 6.45) is -1.34. The van der Waals surface area contributed by atoms with E-state index < -0.39 is 18.2 Å². The molecule has 0 spiro atoms. The maximum absolute atomic E-state index is 11.9. The van der Waals surface area contributed by atoms with Crippen LogP contribution in [0, 0.1) is 0 Å². The standard InChI is InChI=1S/C19H20N2O4/c20-17(9-10-18(22)23)21-19(24)25-11-16-14-7-3-1-5-12(14)13-6-2-4-8-15(13)16/h1-8,16-17H,9-11,20H2,(H,21,24)(H,22,23). The number of carbonyl (C=O) groups excluding carboxylic acids is 1. The average molecular weight is 340 g/mol. The Morgan fingerprint density at radius 2 is 1.64 bits per heavy atom. The topological polar surface area (TPSA) is 102 Å². The smallest absolute Gasteiger partial charge is 0.408 e. The number of carboxylic acids is 1. The molecule has 130 valence electrons. The zero-order valence-corrected chi connectivity index (χ0v) is 13.6. The zero-order valence-electron chi connectivity index (χ0n) is 13.6. The predicted molar refractivity (Wildman–Crippen MR) is 93.0 cm³/mol. The van der Waals surface area contributed by atoms with Gasteiger partial charge in [-0.2, -0.15) is 0 Å². The molecule has 6 nitrogen and oxygen atoms in total. The fourth-order valence-electron chi connectivity index (χ4n) is 3.14. The van der Waals surface area contributed by atoms with E-state index in [0.29, 0.717) is 0 Å². The first kappa shape index (κ1) is 17.0. The second kappa shape index (κ2) is 7.36. The number of benzene rings is 2. The van der Waals surface area contributed by atoms with Crippen LogP contribution >= 0.6 is 0 Å². The molecule has 4 N–H and O–H groups in total. The summed E-state index contributed by atoms with van der Waals surface area (Å²) in [5, 5.41) is 11.1. The number of fused-ring (bicyclic) bond motifs is 3. The van der Waals surface area contributed by atoms with Gasteiger partial charge in [-0.1, -0.05) is 48.5 Å². The van der Waals surface area contributed by atoms with Crippen molar-refractivity contribution in [2.24, 2.45) is 5.73 Å². The molecule has 25 heavy (non-hydrogen) atoms. The second-order valence-electron chi connectivity index (χ2n) is 6.01. The minimum absolute atomic E-state index is 0.0200. The van der Waals surface area contributed by atoms with E-state index in [1.165, 1.54) is 0 Å². The van der Waals surface area contributed by atoms with Crippen molar-refractivity contribution in [1.82, 2.24) is 5.32 Å². The van der Waals surface area contributed by atoms with Crippen molar-refractivity contribution in [1.29, 1.82) is 0 Å². The Hall–Kier alpha value is -2.86. The molecule has 3 rings (SSSR count). The van der Waals surface area contributed by atoms with Crippen molar-refractivity contribution in [2.45, 2.75) is 24.9 Å². The van der Waals surface area contributed by atoms with Crippen LogP contribution in [0.25, 0.3) is 11.1 Å². The summed E-state index contributed by atoms with van der Waals surface area (Å²) in [6.45, 7) is 0.200. The number of hydrogen-bond acceptors (Lipinski definition) is 4. The molecule has 0 radical (unpaired) electrons. The third kappa shape index (κ3) is 3.80. The molecular formula is C19H20N2O4. The highest BCUT2D eigenvalue weighted by Gasteiger charge is 2.29. The van der Waals surface area contributed by atoms with Gasteiger partial charge in [0.1, 0.15) is 6.61 Å². The number of ether oxygens (including phenoxy) is 1. The fraction of sp³-hybridized carbons (Fsp3) is 0.263. The number of rotatable bonds is 6. The van der Waals surface area contributed by atoms with Gasteiger partial charge < -0.3 is 20.9 Å². The van der Waals surface area contributed by atoms with Crippen LogP contribution in [0.15, 0.2) is 48.5 Å². The van der Waals surface area contributed by atoms with Crippen LogP contribution in [-0.2, 0) is 9.53 Å². The zero-order chi connectivity index (χ0) is 17.8. The van der Waals surface area contributed by atoms with Gasteiger partial charge in [-0.15, -0.1) is 0 Å². The first-order valence-electron chi connectivity index (χ1n) is 8.15. The molecule has 0 saturated heterocycles. The molecule has 2 aromatic carbocycles. The third-order valence-electron chi connectivity index (χ3n) is 4.32. The highest BCUT2D eigenvalue weighted by atomic mass is 16.5. The van der Waals surface area contributed by atoms with Crippen LogP contribution in [0.5, 0.6) is 0 Å². The average Bonchev–Trinajstić information content (AvgIpc) is 2.92. The summed E-state index contributed by atoms with van der Waals surface area (Å²) < 4.78 is 5.34. The van der Waals surface area contributed by atoms with Crippen LogP contribution in [0.1, 0.15) is 29.9 Å². The summed E-state index contributed by atoms with van der Waals surface area (Å²) in [7, 11) is 0. The first-order chi connectivity index (χ1) is 12.1. The lowest BCUT2D eigenvalue weighted by atomic mass is 9.98. The second-order valence-corrected chi connectivity index (χ2v) is 6.01. The van der Waals surface area contributed by atoms with Crippen LogP contribution in [-0.4, -0.2) is 29.9 Å². The number of nitrogens with two attached hydrogens (primary N) is 1. The van der Waals surface area contributed by atoms with Gasteiger partial charge in [0, 0.05) is 12.3 Å². The molecule has 0 heterocycles. The quantitative estimate of drug-likeness (QED) is 0.702. The van der Waals surface area contributed by atoms with Gasteiger partial charge in [-0.25, -0.2) is 4.79 Å². The lowest BCUT2D eigenvalue weighted by molar-refractivity contribution is -0.137. The highest BCUT2D eigenvalue weighted by Crippen LogP contribution is 2.44. The van der Waals surface area contributed by atoms with Gasteiger partial charge in [-0.3, -0.25) is 4.79 Å². The summed E-state index contributed by atoms with van der Waals surface area (Å²) in [5.41, 5.74) is 10.3. The monoisotopic (exact) mass is 340 g/mol. The van der Waals surface area contributed by atoms with E-state index in [4.69, 9.17) is 15.6 Å². The predicted octanol–water partition coefficient (Wildman–Crippen LogP) is 2.67. The van der Waals surface area contributed by atoms with Crippen LogP contribution in [0.2, 0.25) is 0 Å². The van der Waals surface area contributed by atoms with Gasteiger partial charge >= 0.3 is 12.1 Å². The van der Waals surface area contributed by atoms with Gasteiger partial charge in [0.25, 0.3) is 0 Å². The Morgan fingerprint density at radius 3 is 2.20 bits per heavy atom. The normalized spacial score (nSPS) is 13.6. The molecule has 1 amide bonds. The summed E-state index contributed by atoms with van der Waals surface area (Å²) in [6, 6.07) is 16.1. The van der Waals surface area contributed by atoms with Gasteiger partial charge in [0.15, 0.2) is 0 Å². The summed E-state index contributed by atoms with van der Waals surface area (Å²) >= 11 is 0. The van der Waals surface area contributed by atoms with E-state index in [-0.39, 0.29) is 25.4 Å². The number of alkyl carbamates (subject to hydrolysis) is 1. The lowest BCUT2D eigenvalue weighted by Crippen LogP contribution is -2.42. The highest BCUT2D eigenvalue weighted by molar-refractivity contribution is 5.79.